The maximum atomic E-state index is 15.8. The first-order valence-electron chi connectivity index (χ1n) is 17.9. The molecule has 5 rings (SSSR count). The van der Waals surface area contributed by atoms with Gasteiger partial charge in [-0.3, -0.25) is 9.59 Å². The highest BCUT2D eigenvalue weighted by Gasteiger charge is 2.71. The van der Waals surface area contributed by atoms with E-state index >= 15 is 4.39 Å². The van der Waals surface area contributed by atoms with E-state index in [0.717, 1.165) is 12.0 Å². The first-order valence-corrected chi connectivity index (χ1v) is 18.3. The number of fused-ring (bicyclic) bond motifs is 5. The minimum Gasteiger partial charge on any atom is -0.455 e. The molecule has 0 amide bonds. The molecule has 0 spiro atoms. The lowest BCUT2D eigenvalue weighted by Gasteiger charge is -2.63. The van der Waals surface area contributed by atoms with Crippen molar-refractivity contribution >= 4 is 29.1 Å². The van der Waals surface area contributed by atoms with E-state index in [9.17, 15) is 19.5 Å². The molecule has 1 N–H and O–H groups in total. The summed E-state index contributed by atoms with van der Waals surface area (Å²) in [6.45, 7) is 16.1. The summed E-state index contributed by atoms with van der Waals surface area (Å²) in [7, 11) is 0. The molecule has 0 bridgehead atoms. The Morgan fingerprint density at radius 3 is 2.51 bits per heavy atom. The number of esters is 1. The van der Waals surface area contributed by atoms with E-state index in [-0.39, 0.29) is 48.3 Å². The van der Waals surface area contributed by atoms with Gasteiger partial charge in [-0.2, -0.15) is 0 Å². The van der Waals surface area contributed by atoms with Crippen LogP contribution in [-0.4, -0.2) is 46.4 Å². The first kappa shape index (κ1) is 37.4. The quantitative estimate of drug-likeness (QED) is 0.119. The number of aliphatic hydroxyl groups excluding tert-OH is 1. The number of aliphatic hydroxyl groups is 1. The zero-order chi connectivity index (χ0) is 36.1. The number of hydrogen-bond donors (Lipinski definition) is 1. The van der Waals surface area contributed by atoms with Crippen LogP contribution in [0.1, 0.15) is 93.9 Å². The maximum absolute atomic E-state index is 15.8. The van der Waals surface area contributed by atoms with Crippen molar-refractivity contribution in [2.24, 2.45) is 39.9 Å². The SMILES string of the molecule is CC1=C(/C=C/C(C)=C/C=C/C(C)=C/C(=O)OCC(=O)[C@H]2[C@H](C)C[C@H]3[C@@H]4C[C@H](F)C5=CC(=O)C=C[C@]5(C)[C@@]4(Cl)[C@@H](O)C[C@@]32C)C(C)(C)CCC1. The number of alkyl halides is 2. The highest BCUT2D eigenvalue weighted by molar-refractivity contribution is 6.26. The Bertz CT molecular complexity index is 1610. The molecule has 49 heavy (non-hydrogen) atoms. The van der Waals surface area contributed by atoms with Crippen LogP contribution in [0.4, 0.5) is 4.39 Å². The molecule has 3 saturated carbocycles. The molecule has 0 radical (unpaired) electrons. The predicted molar refractivity (Wildman–Crippen MR) is 194 cm³/mol. The van der Waals surface area contributed by atoms with Crippen molar-refractivity contribution in [3.63, 3.8) is 0 Å². The van der Waals surface area contributed by atoms with Crippen LogP contribution in [-0.2, 0) is 19.1 Å². The molecule has 9 atom stereocenters. The van der Waals surface area contributed by atoms with E-state index in [1.807, 2.05) is 52.8 Å². The summed E-state index contributed by atoms with van der Waals surface area (Å²) in [5.41, 5.74) is 3.50. The summed E-state index contributed by atoms with van der Waals surface area (Å²) < 4.78 is 21.2. The lowest BCUT2D eigenvalue weighted by Crippen LogP contribution is -2.67. The molecule has 5 nitrogen and oxygen atoms in total. The minimum atomic E-state index is -1.37. The van der Waals surface area contributed by atoms with E-state index in [2.05, 4.69) is 32.9 Å². The van der Waals surface area contributed by atoms with Gasteiger partial charge in [0.2, 0.25) is 0 Å². The van der Waals surface area contributed by atoms with Gasteiger partial charge in [-0.1, -0.05) is 82.2 Å². The molecule has 0 heterocycles. The zero-order valence-corrected chi connectivity index (χ0v) is 31.2. The van der Waals surface area contributed by atoms with Crippen molar-refractivity contribution < 1.29 is 28.6 Å². The largest absolute Gasteiger partial charge is 0.455 e. The van der Waals surface area contributed by atoms with Gasteiger partial charge < -0.3 is 9.84 Å². The Morgan fingerprint density at radius 2 is 1.82 bits per heavy atom. The van der Waals surface area contributed by atoms with Gasteiger partial charge >= 0.3 is 5.97 Å². The molecule has 0 aromatic rings. The third-order valence-corrected chi connectivity index (χ3v) is 13.7. The van der Waals surface area contributed by atoms with Crippen LogP contribution in [0.25, 0.3) is 0 Å². The van der Waals surface area contributed by atoms with Crippen LogP contribution >= 0.6 is 11.6 Å². The topological polar surface area (TPSA) is 80.7 Å². The van der Waals surface area contributed by atoms with Crippen LogP contribution in [0.15, 0.2) is 82.5 Å². The third-order valence-electron chi connectivity index (χ3n) is 12.8. The number of Topliss-reactive ketones (excluding diaryl/α,β-unsaturated/α-hetero) is 1. The van der Waals surface area contributed by atoms with E-state index < -0.39 is 45.8 Å². The molecule has 0 aromatic heterocycles. The van der Waals surface area contributed by atoms with Gasteiger partial charge in [0.05, 0.1) is 11.0 Å². The summed E-state index contributed by atoms with van der Waals surface area (Å²) in [5.74, 6) is -2.13. The highest BCUT2D eigenvalue weighted by Crippen LogP contribution is 2.70. The number of carbonyl (C=O) groups excluding carboxylic acids is 3. The average molecular weight is 693 g/mol. The Morgan fingerprint density at radius 1 is 1.10 bits per heavy atom. The Labute approximate surface area is 297 Å². The fourth-order valence-electron chi connectivity index (χ4n) is 10.4. The monoisotopic (exact) mass is 692 g/mol. The molecule has 3 fully saturated rings. The second-order valence-electron chi connectivity index (χ2n) is 16.6. The lowest BCUT2D eigenvalue weighted by atomic mass is 9.46. The Kier molecular flexibility index (Phi) is 10.5. The molecule has 0 aromatic carbocycles. The minimum absolute atomic E-state index is 0.0626. The van der Waals surface area contributed by atoms with Gasteiger partial charge in [-0.15, -0.1) is 11.6 Å². The number of ketones is 2. The molecule has 0 saturated heterocycles. The van der Waals surface area contributed by atoms with Crippen LogP contribution in [0.3, 0.4) is 0 Å². The van der Waals surface area contributed by atoms with Crippen LogP contribution < -0.4 is 0 Å². The van der Waals surface area contributed by atoms with Gasteiger partial charge in [0.1, 0.15) is 6.17 Å². The Balaban J connectivity index is 1.22. The van der Waals surface area contributed by atoms with Gasteiger partial charge in [0.15, 0.2) is 18.2 Å². The summed E-state index contributed by atoms with van der Waals surface area (Å²) in [4.78, 5) is 37.4. The summed E-state index contributed by atoms with van der Waals surface area (Å²) in [6, 6.07) is 0. The van der Waals surface area contributed by atoms with Crippen molar-refractivity contribution in [3.8, 4) is 0 Å². The van der Waals surface area contributed by atoms with Crippen LogP contribution in [0.5, 0.6) is 0 Å². The second-order valence-corrected chi connectivity index (χ2v) is 17.3. The van der Waals surface area contributed by atoms with E-state index in [1.165, 1.54) is 42.2 Å². The van der Waals surface area contributed by atoms with E-state index in [0.29, 0.717) is 17.6 Å². The van der Waals surface area contributed by atoms with Crippen molar-refractivity contribution in [2.45, 2.75) is 111 Å². The summed E-state index contributed by atoms with van der Waals surface area (Å²) in [6.07, 6.45) is 18.1. The van der Waals surface area contributed by atoms with Crippen molar-refractivity contribution in [2.75, 3.05) is 6.61 Å². The highest BCUT2D eigenvalue weighted by atomic mass is 35.5. The number of ether oxygens (including phenoxy) is 1. The second kappa shape index (κ2) is 13.7. The number of rotatable bonds is 8. The van der Waals surface area contributed by atoms with E-state index in [1.54, 1.807) is 6.08 Å². The first-order chi connectivity index (χ1) is 22.8. The number of allylic oxidation sites excluding steroid dienone is 13. The number of carbonyl (C=O) groups is 3. The van der Waals surface area contributed by atoms with Gasteiger partial charge in [-0.05, 0) is 117 Å². The zero-order valence-electron chi connectivity index (χ0n) is 30.4. The number of halogens is 2. The molecule has 266 valence electrons. The molecule has 7 heteroatoms. The van der Waals surface area contributed by atoms with Gasteiger partial charge in [0, 0.05) is 17.4 Å². The van der Waals surface area contributed by atoms with Crippen LogP contribution in [0, 0.1) is 39.9 Å². The van der Waals surface area contributed by atoms with Crippen LogP contribution in [0.2, 0.25) is 0 Å². The van der Waals surface area contributed by atoms with Gasteiger partial charge in [-0.25, -0.2) is 9.18 Å². The van der Waals surface area contributed by atoms with Crippen molar-refractivity contribution in [1.29, 1.82) is 0 Å². The van der Waals surface area contributed by atoms with E-state index in [4.69, 9.17) is 16.3 Å². The normalized spacial score (nSPS) is 39.2. The smallest absolute Gasteiger partial charge is 0.331 e. The summed E-state index contributed by atoms with van der Waals surface area (Å²) >= 11 is 7.43. The summed E-state index contributed by atoms with van der Waals surface area (Å²) in [5, 5.41) is 11.7. The molecular formula is C42H54ClFO5. The fraction of sp³-hybridized carbons (Fsp3) is 0.595. The maximum Gasteiger partial charge on any atom is 0.331 e. The predicted octanol–water partition coefficient (Wildman–Crippen LogP) is 9.08. The number of hydrogen-bond acceptors (Lipinski definition) is 5. The molecule has 0 unspecified atom stereocenters. The molecule has 5 aliphatic carbocycles. The molecular weight excluding hydrogens is 639 g/mol. The molecule has 0 aliphatic heterocycles. The average Bonchev–Trinajstić information content (AvgIpc) is 3.27. The fourth-order valence-corrected chi connectivity index (χ4v) is 10.9. The standard InChI is InChI=1S/C42H54ClFO5/c1-25(14-15-30-27(3)13-10-17-39(30,5)6)11-9-12-26(2)19-37(48)49-24-35(46)38-28(4)20-31-32-22-34(44)33-21-29(45)16-18-41(33,8)42(32,43)36(47)23-40(31,38)7/h9,11-12,14-16,18-19,21,28,31-32,34,36,38,47H,10,13,17,20,22-24H2,1-8H3/b12-9+,15-14+,25-11+,26-19+/t28-,31+,32+,34+,36+,38-,40+,41+,42+/m1/s1. The third kappa shape index (κ3) is 6.69. The molecule has 5 aliphatic rings. The van der Waals surface area contributed by atoms with Gasteiger partial charge in [0.25, 0.3) is 0 Å². The Hall–Kier alpha value is -2.83. The van der Waals surface area contributed by atoms with Crippen molar-refractivity contribution in [3.05, 3.63) is 82.5 Å². The van der Waals surface area contributed by atoms with Crippen molar-refractivity contribution in [1.82, 2.24) is 0 Å². The lowest BCUT2D eigenvalue weighted by molar-refractivity contribution is -0.150.